The van der Waals surface area contributed by atoms with Gasteiger partial charge in [-0.3, -0.25) is 0 Å². The Kier molecular flexibility index (Phi) is 9.04. The molecular formula is C19H19BrCl2O5. The first-order chi connectivity index (χ1) is 13.1. The van der Waals surface area contributed by atoms with Crippen LogP contribution in [-0.2, 0) is 9.53 Å². The molecule has 27 heavy (non-hydrogen) atoms. The van der Waals surface area contributed by atoms with E-state index in [2.05, 4.69) is 15.9 Å². The molecule has 8 heteroatoms. The van der Waals surface area contributed by atoms with E-state index >= 15 is 0 Å². The smallest absolute Gasteiger partial charge is 0.351 e. The van der Waals surface area contributed by atoms with Gasteiger partial charge in [-0.15, -0.1) is 23.2 Å². The van der Waals surface area contributed by atoms with Gasteiger partial charge in [-0.25, -0.2) is 4.79 Å². The van der Waals surface area contributed by atoms with Gasteiger partial charge in [0.1, 0.15) is 30.5 Å². The first-order valence-electron chi connectivity index (χ1n) is 8.10. The molecule has 2 rings (SSSR count). The number of hydrogen-bond donors (Lipinski definition) is 0. The molecule has 0 radical (unpaired) electrons. The molecule has 1 atom stereocenters. The summed E-state index contributed by atoms with van der Waals surface area (Å²) in [6.45, 7) is 0.653. The number of carbonyl (C=O) groups excluding carboxylic acids is 1. The van der Waals surface area contributed by atoms with Crippen LogP contribution in [0.5, 0.6) is 17.2 Å². The van der Waals surface area contributed by atoms with E-state index in [1.54, 1.807) is 30.3 Å². The van der Waals surface area contributed by atoms with Crippen LogP contribution in [0.25, 0.3) is 0 Å². The van der Waals surface area contributed by atoms with E-state index in [9.17, 15) is 4.79 Å². The van der Waals surface area contributed by atoms with E-state index < -0.39 is 12.1 Å². The van der Waals surface area contributed by atoms with Crippen LogP contribution in [0.1, 0.15) is 11.7 Å². The highest BCUT2D eigenvalue weighted by molar-refractivity contribution is 9.10. The minimum Gasteiger partial charge on any atom is -0.492 e. The van der Waals surface area contributed by atoms with E-state index in [1.807, 2.05) is 12.1 Å². The zero-order valence-corrected chi connectivity index (χ0v) is 17.7. The minimum atomic E-state index is -0.938. The second-order valence-corrected chi connectivity index (χ2v) is 6.96. The van der Waals surface area contributed by atoms with Crippen molar-refractivity contribution >= 4 is 45.1 Å². The number of ether oxygens (including phenoxy) is 4. The number of alkyl halides is 2. The van der Waals surface area contributed by atoms with Gasteiger partial charge in [-0.2, -0.15) is 0 Å². The Bertz CT molecular complexity index is 713. The molecule has 0 aliphatic rings. The van der Waals surface area contributed by atoms with Crippen LogP contribution in [-0.4, -0.2) is 38.1 Å². The maximum atomic E-state index is 12.3. The van der Waals surface area contributed by atoms with E-state index in [1.165, 1.54) is 7.11 Å². The SMILES string of the molecule is COC(=O)C(Oc1cc(OCCCl)cc(OCCCl)c1)c1ccc(Br)cc1. The third-order valence-electron chi connectivity index (χ3n) is 3.39. The zero-order chi connectivity index (χ0) is 19.6. The maximum Gasteiger partial charge on any atom is 0.351 e. The Morgan fingerprint density at radius 2 is 1.48 bits per heavy atom. The summed E-state index contributed by atoms with van der Waals surface area (Å²) in [5.41, 5.74) is 0.653. The molecule has 0 aromatic heterocycles. The van der Waals surface area contributed by atoms with Gasteiger partial charge in [0.15, 0.2) is 0 Å². The summed E-state index contributed by atoms with van der Waals surface area (Å²) in [6, 6.07) is 12.2. The lowest BCUT2D eigenvalue weighted by atomic mass is 10.1. The number of hydrogen-bond acceptors (Lipinski definition) is 5. The quantitative estimate of drug-likeness (QED) is 0.357. The van der Waals surface area contributed by atoms with E-state index in [0.717, 1.165) is 4.47 Å². The number of methoxy groups -OCH3 is 1. The highest BCUT2D eigenvalue weighted by atomic mass is 79.9. The van der Waals surface area contributed by atoms with Crippen LogP contribution in [0.4, 0.5) is 0 Å². The molecular weight excluding hydrogens is 459 g/mol. The minimum absolute atomic E-state index is 0.326. The molecule has 0 bridgehead atoms. The highest BCUT2D eigenvalue weighted by Crippen LogP contribution is 2.32. The summed E-state index contributed by atoms with van der Waals surface area (Å²) in [6.07, 6.45) is -0.938. The molecule has 0 aliphatic heterocycles. The number of carbonyl (C=O) groups is 1. The summed E-state index contributed by atoms with van der Waals surface area (Å²) in [5, 5.41) is 0. The summed E-state index contributed by atoms with van der Waals surface area (Å²) < 4.78 is 22.8. The normalized spacial score (nSPS) is 11.6. The van der Waals surface area contributed by atoms with Gasteiger partial charge >= 0.3 is 5.97 Å². The van der Waals surface area contributed by atoms with E-state index in [-0.39, 0.29) is 0 Å². The van der Waals surface area contributed by atoms with Crippen LogP contribution < -0.4 is 14.2 Å². The van der Waals surface area contributed by atoms with Crippen molar-refractivity contribution in [1.29, 1.82) is 0 Å². The Hall–Kier alpha value is -1.63. The van der Waals surface area contributed by atoms with Gasteiger partial charge in [0.25, 0.3) is 0 Å². The lowest BCUT2D eigenvalue weighted by Crippen LogP contribution is -2.20. The zero-order valence-electron chi connectivity index (χ0n) is 14.6. The lowest BCUT2D eigenvalue weighted by molar-refractivity contribution is -0.149. The second-order valence-electron chi connectivity index (χ2n) is 5.29. The van der Waals surface area contributed by atoms with Crippen LogP contribution in [0, 0.1) is 0 Å². The van der Waals surface area contributed by atoms with Crippen molar-refractivity contribution in [2.24, 2.45) is 0 Å². The van der Waals surface area contributed by atoms with Gasteiger partial charge in [0.2, 0.25) is 6.10 Å². The molecule has 2 aromatic carbocycles. The topological polar surface area (TPSA) is 54.0 Å². The average molecular weight is 478 g/mol. The monoisotopic (exact) mass is 476 g/mol. The van der Waals surface area contributed by atoms with Crippen LogP contribution in [0.15, 0.2) is 46.9 Å². The fraction of sp³-hybridized carbons (Fsp3) is 0.316. The van der Waals surface area contributed by atoms with Crippen molar-refractivity contribution in [3.8, 4) is 17.2 Å². The number of halogens is 3. The van der Waals surface area contributed by atoms with Gasteiger partial charge in [-0.1, -0.05) is 28.1 Å². The fourth-order valence-electron chi connectivity index (χ4n) is 2.23. The summed E-state index contributed by atoms with van der Waals surface area (Å²) in [5.74, 6) is 1.58. The fourth-order valence-corrected chi connectivity index (χ4v) is 2.64. The van der Waals surface area contributed by atoms with Gasteiger partial charge < -0.3 is 18.9 Å². The standard InChI is InChI=1S/C19H19BrCl2O5/c1-24-19(23)18(13-2-4-14(20)5-3-13)27-17-11-15(25-8-6-21)10-16(12-17)26-9-7-22/h2-5,10-12,18H,6-9H2,1H3. The lowest BCUT2D eigenvalue weighted by Gasteiger charge is -2.19. The first kappa shape index (κ1) is 21.7. The van der Waals surface area contributed by atoms with Crippen LogP contribution in [0.2, 0.25) is 0 Å². The van der Waals surface area contributed by atoms with Crippen LogP contribution in [0.3, 0.4) is 0 Å². The molecule has 0 N–H and O–H groups in total. The molecule has 1 unspecified atom stereocenters. The molecule has 0 fully saturated rings. The Morgan fingerprint density at radius 1 is 0.963 bits per heavy atom. The summed E-state index contributed by atoms with van der Waals surface area (Å²) in [7, 11) is 1.31. The van der Waals surface area contributed by atoms with Gasteiger partial charge in [0.05, 0.1) is 18.9 Å². The van der Waals surface area contributed by atoms with Crippen molar-refractivity contribution in [3.05, 3.63) is 52.5 Å². The third kappa shape index (κ3) is 6.79. The third-order valence-corrected chi connectivity index (χ3v) is 4.22. The average Bonchev–Trinajstić information content (AvgIpc) is 2.69. The van der Waals surface area contributed by atoms with Gasteiger partial charge in [0, 0.05) is 28.2 Å². The highest BCUT2D eigenvalue weighted by Gasteiger charge is 2.24. The Morgan fingerprint density at radius 3 is 1.96 bits per heavy atom. The maximum absolute atomic E-state index is 12.3. The predicted octanol–water partition coefficient (Wildman–Crippen LogP) is 4.98. The first-order valence-corrected chi connectivity index (χ1v) is 9.96. The molecule has 0 heterocycles. The molecule has 2 aromatic rings. The summed E-state index contributed by atoms with van der Waals surface area (Å²) >= 11 is 14.7. The van der Waals surface area contributed by atoms with E-state index in [4.69, 9.17) is 42.1 Å². The predicted molar refractivity (Wildman–Crippen MR) is 108 cm³/mol. The summed E-state index contributed by atoms with van der Waals surface area (Å²) in [4.78, 5) is 12.3. The molecule has 0 saturated carbocycles. The van der Waals surface area contributed by atoms with Crippen molar-refractivity contribution in [2.75, 3.05) is 32.1 Å². The van der Waals surface area contributed by atoms with Crippen molar-refractivity contribution in [1.82, 2.24) is 0 Å². The molecule has 0 spiro atoms. The largest absolute Gasteiger partial charge is 0.492 e. The molecule has 5 nitrogen and oxygen atoms in total. The van der Waals surface area contributed by atoms with Crippen molar-refractivity contribution in [2.45, 2.75) is 6.10 Å². The Balaban J connectivity index is 2.31. The molecule has 146 valence electrons. The second kappa shape index (κ2) is 11.3. The molecule has 0 aliphatic carbocycles. The van der Waals surface area contributed by atoms with Crippen molar-refractivity contribution in [3.63, 3.8) is 0 Å². The van der Waals surface area contributed by atoms with Crippen LogP contribution >= 0.6 is 39.1 Å². The Labute approximate surface area is 176 Å². The van der Waals surface area contributed by atoms with Crippen molar-refractivity contribution < 1.29 is 23.7 Å². The molecule has 0 amide bonds. The molecule has 0 saturated heterocycles. The number of esters is 1. The van der Waals surface area contributed by atoms with E-state index in [0.29, 0.717) is 47.8 Å². The van der Waals surface area contributed by atoms with Gasteiger partial charge in [-0.05, 0) is 12.1 Å². The number of benzene rings is 2. The number of rotatable bonds is 10.